The third kappa shape index (κ3) is 3.98. The summed E-state index contributed by atoms with van der Waals surface area (Å²) in [5, 5.41) is 2.95. The van der Waals surface area contributed by atoms with E-state index in [2.05, 4.69) is 5.32 Å². The molecule has 1 aliphatic carbocycles. The summed E-state index contributed by atoms with van der Waals surface area (Å²) in [5.74, 6) is -0.316. The molecule has 1 fully saturated rings. The van der Waals surface area contributed by atoms with Crippen molar-refractivity contribution in [2.24, 2.45) is 23.3 Å². The van der Waals surface area contributed by atoms with Gasteiger partial charge in [0.2, 0.25) is 11.8 Å². The Hall–Kier alpha value is -1.10. The first-order chi connectivity index (χ1) is 8.45. The molecule has 4 atom stereocenters. The maximum absolute atomic E-state index is 11.9. The van der Waals surface area contributed by atoms with Crippen LogP contribution in [0.5, 0.6) is 0 Å². The van der Waals surface area contributed by atoms with E-state index in [0.717, 1.165) is 25.7 Å². The number of rotatable bonds is 5. The molecule has 5 heteroatoms. The zero-order valence-corrected chi connectivity index (χ0v) is 11.3. The van der Waals surface area contributed by atoms with Gasteiger partial charge >= 0.3 is 0 Å². The highest BCUT2D eigenvalue weighted by atomic mass is 16.2. The first-order valence-corrected chi connectivity index (χ1v) is 6.81. The van der Waals surface area contributed by atoms with E-state index in [4.69, 9.17) is 11.5 Å². The van der Waals surface area contributed by atoms with Crippen molar-refractivity contribution in [3.63, 3.8) is 0 Å². The molecule has 18 heavy (non-hydrogen) atoms. The van der Waals surface area contributed by atoms with Gasteiger partial charge in [0.15, 0.2) is 0 Å². The molecule has 0 saturated heterocycles. The van der Waals surface area contributed by atoms with E-state index in [9.17, 15) is 9.59 Å². The Balaban J connectivity index is 2.46. The van der Waals surface area contributed by atoms with Crippen molar-refractivity contribution in [3.8, 4) is 0 Å². The van der Waals surface area contributed by atoms with Gasteiger partial charge in [0.25, 0.3) is 0 Å². The highest BCUT2D eigenvalue weighted by Gasteiger charge is 2.28. The van der Waals surface area contributed by atoms with Gasteiger partial charge in [-0.1, -0.05) is 26.7 Å². The summed E-state index contributed by atoms with van der Waals surface area (Å²) in [6.07, 6.45) is 4.19. The van der Waals surface area contributed by atoms with Crippen LogP contribution in [0.3, 0.4) is 0 Å². The fraction of sp³-hybridized carbons (Fsp3) is 0.846. The molecule has 1 saturated carbocycles. The molecule has 0 aliphatic heterocycles. The third-order valence-corrected chi connectivity index (χ3v) is 3.98. The van der Waals surface area contributed by atoms with Crippen molar-refractivity contribution in [1.29, 1.82) is 0 Å². The van der Waals surface area contributed by atoms with E-state index in [0.29, 0.717) is 6.42 Å². The Morgan fingerprint density at radius 1 is 1.39 bits per heavy atom. The topological polar surface area (TPSA) is 98.2 Å². The lowest BCUT2D eigenvalue weighted by Crippen LogP contribution is -2.50. The second-order valence-corrected chi connectivity index (χ2v) is 5.38. The molecule has 0 bridgehead atoms. The quantitative estimate of drug-likeness (QED) is 0.668. The predicted molar refractivity (Wildman–Crippen MR) is 70.5 cm³/mol. The molecule has 0 spiro atoms. The monoisotopic (exact) mass is 255 g/mol. The van der Waals surface area contributed by atoms with Crippen LogP contribution in [0.15, 0.2) is 0 Å². The molecule has 5 N–H and O–H groups in total. The largest absolute Gasteiger partial charge is 0.369 e. The van der Waals surface area contributed by atoms with Crippen LogP contribution in [-0.4, -0.2) is 23.9 Å². The van der Waals surface area contributed by atoms with Crippen molar-refractivity contribution in [2.45, 2.75) is 58.0 Å². The molecule has 0 aromatic carbocycles. The molecule has 4 unspecified atom stereocenters. The Labute approximate surface area is 109 Å². The average molecular weight is 255 g/mol. The van der Waals surface area contributed by atoms with Gasteiger partial charge < -0.3 is 16.8 Å². The first kappa shape index (κ1) is 15.0. The van der Waals surface area contributed by atoms with Gasteiger partial charge in [0, 0.05) is 12.0 Å². The first-order valence-electron chi connectivity index (χ1n) is 6.81. The SMILES string of the molecule is CCC(C)C(N)C(=O)NC1CCCC(C(N)=O)C1. The Morgan fingerprint density at radius 3 is 2.61 bits per heavy atom. The fourth-order valence-electron chi connectivity index (χ4n) is 2.39. The molecule has 104 valence electrons. The van der Waals surface area contributed by atoms with Gasteiger partial charge in [-0.15, -0.1) is 0 Å². The minimum absolute atomic E-state index is 0.0406. The molecule has 0 radical (unpaired) electrons. The second-order valence-electron chi connectivity index (χ2n) is 5.38. The van der Waals surface area contributed by atoms with Crippen LogP contribution < -0.4 is 16.8 Å². The highest BCUT2D eigenvalue weighted by Crippen LogP contribution is 2.24. The molecular weight excluding hydrogens is 230 g/mol. The number of nitrogens with one attached hydrogen (secondary N) is 1. The van der Waals surface area contributed by atoms with Crippen molar-refractivity contribution in [2.75, 3.05) is 0 Å². The number of nitrogens with two attached hydrogens (primary N) is 2. The normalized spacial score (nSPS) is 27.3. The molecule has 0 aromatic heterocycles. The Bertz CT molecular complexity index is 307. The fourth-order valence-corrected chi connectivity index (χ4v) is 2.39. The van der Waals surface area contributed by atoms with Crippen LogP contribution in [0.2, 0.25) is 0 Å². The van der Waals surface area contributed by atoms with Gasteiger partial charge in [0.1, 0.15) is 0 Å². The zero-order chi connectivity index (χ0) is 13.7. The van der Waals surface area contributed by atoms with Crippen molar-refractivity contribution in [3.05, 3.63) is 0 Å². The van der Waals surface area contributed by atoms with Gasteiger partial charge in [-0.2, -0.15) is 0 Å². The highest BCUT2D eigenvalue weighted by molar-refractivity contribution is 5.82. The van der Waals surface area contributed by atoms with Crippen LogP contribution in [0.4, 0.5) is 0 Å². The summed E-state index contributed by atoms with van der Waals surface area (Å²) < 4.78 is 0. The van der Waals surface area contributed by atoms with E-state index in [-0.39, 0.29) is 29.7 Å². The molecule has 1 rings (SSSR count). The molecular formula is C13H25N3O2. The number of amides is 2. The third-order valence-electron chi connectivity index (χ3n) is 3.98. The van der Waals surface area contributed by atoms with Gasteiger partial charge in [-0.25, -0.2) is 0 Å². The molecule has 0 aromatic rings. The molecule has 2 amide bonds. The van der Waals surface area contributed by atoms with E-state index in [1.165, 1.54) is 0 Å². The Kier molecular flexibility index (Phi) is 5.59. The zero-order valence-electron chi connectivity index (χ0n) is 11.3. The van der Waals surface area contributed by atoms with Crippen molar-refractivity contribution < 1.29 is 9.59 Å². The lowest BCUT2D eigenvalue weighted by molar-refractivity contribution is -0.126. The number of hydrogen-bond acceptors (Lipinski definition) is 3. The summed E-state index contributed by atoms with van der Waals surface area (Å²) in [6.45, 7) is 3.98. The number of hydrogen-bond donors (Lipinski definition) is 3. The van der Waals surface area contributed by atoms with Gasteiger partial charge in [-0.3, -0.25) is 9.59 Å². The lowest BCUT2D eigenvalue weighted by atomic mass is 9.85. The summed E-state index contributed by atoms with van der Waals surface area (Å²) >= 11 is 0. The minimum Gasteiger partial charge on any atom is -0.369 e. The number of carbonyl (C=O) groups excluding carboxylic acids is 2. The van der Waals surface area contributed by atoms with Crippen LogP contribution in [0.1, 0.15) is 46.0 Å². The Morgan fingerprint density at radius 2 is 2.06 bits per heavy atom. The molecule has 1 aliphatic rings. The van der Waals surface area contributed by atoms with Crippen LogP contribution in [0.25, 0.3) is 0 Å². The number of primary amides is 1. The van der Waals surface area contributed by atoms with Gasteiger partial charge in [-0.05, 0) is 25.2 Å². The van der Waals surface area contributed by atoms with E-state index >= 15 is 0 Å². The smallest absolute Gasteiger partial charge is 0.237 e. The van der Waals surface area contributed by atoms with Crippen LogP contribution in [-0.2, 0) is 9.59 Å². The maximum Gasteiger partial charge on any atom is 0.237 e. The minimum atomic E-state index is -0.469. The second kappa shape index (κ2) is 6.73. The lowest BCUT2D eigenvalue weighted by Gasteiger charge is -2.29. The van der Waals surface area contributed by atoms with E-state index in [1.807, 2.05) is 13.8 Å². The van der Waals surface area contributed by atoms with Crippen LogP contribution >= 0.6 is 0 Å². The standard InChI is InChI=1S/C13H25N3O2/c1-3-8(2)11(14)13(18)16-10-6-4-5-9(7-10)12(15)17/h8-11H,3-7,14H2,1-2H3,(H2,15,17)(H,16,18). The van der Waals surface area contributed by atoms with E-state index < -0.39 is 6.04 Å². The summed E-state index contributed by atoms with van der Waals surface area (Å²) in [5.41, 5.74) is 11.2. The van der Waals surface area contributed by atoms with Gasteiger partial charge in [0.05, 0.1) is 6.04 Å². The van der Waals surface area contributed by atoms with Crippen molar-refractivity contribution >= 4 is 11.8 Å². The van der Waals surface area contributed by atoms with Crippen molar-refractivity contribution in [1.82, 2.24) is 5.32 Å². The maximum atomic E-state index is 11.9. The molecule has 5 nitrogen and oxygen atoms in total. The average Bonchev–Trinajstić information content (AvgIpc) is 2.37. The van der Waals surface area contributed by atoms with E-state index in [1.54, 1.807) is 0 Å². The van der Waals surface area contributed by atoms with Crippen LogP contribution in [0, 0.1) is 11.8 Å². The summed E-state index contributed by atoms with van der Waals surface area (Å²) in [4.78, 5) is 23.1. The molecule has 0 heterocycles. The summed E-state index contributed by atoms with van der Waals surface area (Å²) in [7, 11) is 0. The number of carbonyl (C=O) groups is 2. The predicted octanol–water partition coefficient (Wildman–Crippen LogP) is 0.520. The summed E-state index contributed by atoms with van der Waals surface area (Å²) in [6, 6.07) is -0.428.